The second-order valence-electron chi connectivity index (χ2n) is 8.50. The molecule has 190 valence electrons. The zero-order chi connectivity index (χ0) is 25.5. The SMILES string of the molecule is CCNCCNC(=O)CN(CC(=O)N(C)N1Cc2ccc(F)cc2C1)c1ccc(-c2nncs2)cc1. The molecule has 0 bridgehead atoms. The summed E-state index contributed by atoms with van der Waals surface area (Å²) in [5.74, 6) is -0.620. The Kier molecular flexibility index (Phi) is 8.57. The van der Waals surface area contributed by atoms with Crippen molar-refractivity contribution in [2.24, 2.45) is 0 Å². The highest BCUT2D eigenvalue weighted by molar-refractivity contribution is 7.12. The van der Waals surface area contributed by atoms with Gasteiger partial charge >= 0.3 is 0 Å². The molecule has 4 rings (SSSR count). The molecule has 0 fully saturated rings. The van der Waals surface area contributed by atoms with Crippen molar-refractivity contribution >= 4 is 28.8 Å². The second-order valence-corrected chi connectivity index (χ2v) is 9.34. The van der Waals surface area contributed by atoms with Gasteiger partial charge in [-0.15, -0.1) is 10.2 Å². The van der Waals surface area contributed by atoms with Crippen molar-refractivity contribution in [1.29, 1.82) is 0 Å². The average molecular weight is 512 g/mol. The van der Waals surface area contributed by atoms with Gasteiger partial charge in [-0.1, -0.05) is 24.3 Å². The number of rotatable bonds is 11. The number of halogens is 1. The van der Waals surface area contributed by atoms with Crippen LogP contribution in [0.15, 0.2) is 48.0 Å². The molecule has 1 aromatic heterocycles. The number of fused-ring (bicyclic) bond motifs is 1. The van der Waals surface area contributed by atoms with Crippen LogP contribution in [0.5, 0.6) is 0 Å². The van der Waals surface area contributed by atoms with Crippen molar-refractivity contribution in [3.8, 4) is 10.6 Å². The summed E-state index contributed by atoms with van der Waals surface area (Å²) in [6.07, 6.45) is 0. The van der Waals surface area contributed by atoms with Gasteiger partial charge in [-0.3, -0.25) is 14.6 Å². The topological polar surface area (TPSA) is 93.7 Å². The van der Waals surface area contributed by atoms with Crippen molar-refractivity contribution in [3.05, 3.63) is 64.9 Å². The number of nitrogens with one attached hydrogen (secondary N) is 2. The van der Waals surface area contributed by atoms with Crippen LogP contribution >= 0.6 is 11.3 Å². The molecule has 0 unspecified atom stereocenters. The highest BCUT2D eigenvalue weighted by atomic mass is 32.1. The number of hydrogen-bond donors (Lipinski definition) is 2. The predicted octanol–water partition coefficient (Wildman–Crippen LogP) is 2.27. The van der Waals surface area contributed by atoms with Gasteiger partial charge < -0.3 is 15.5 Å². The summed E-state index contributed by atoms with van der Waals surface area (Å²) in [7, 11) is 1.71. The quantitative estimate of drug-likeness (QED) is 0.382. The van der Waals surface area contributed by atoms with Gasteiger partial charge in [0, 0.05) is 44.5 Å². The number of likely N-dealkylation sites (N-methyl/N-ethyl adjacent to an activating group) is 2. The molecule has 2 heterocycles. The lowest BCUT2D eigenvalue weighted by Gasteiger charge is -2.31. The van der Waals surface area contributed by atoms with Crippen LogP contribution in [0.1, 0.15) is 18.1 Å². The van der Waals surface area contributed by atoms with Gasteiger partial charge in [0.05, 0.1) is 13.1 Å². The Bertz CT molecular complexity index is 1170. The molecular formula is C25H30FN7O2S. The number of carbonyl (C=O) groups is 2. The molecule has 1 aliphatic heterocycles. The summed E-state index contributed by atoms with van der Waals surface area (Å²) in [4.78, 5) is 27.7. The number of nitrogens with zero attached hydrogens (tertiary/aromatic N) is 5. The molecule has 0 aliphatic carbocycles. The van der Waals surface area contributed by atoms with Gasteiger partial charge in [0.25, 0.3) is 5.91 Å². The zero-order valence-electron chi connectivity index (χ0n) is 20.4. The van der Waals surface area contributed by atoms with Gasteiger partial charge in [-0.05, 0) is 54.1 Å². The average Bonchev–Trinajstić information content (AvgIpc) is 3.56. The Morgan fingerprint density at radius 2 is 1.86 bits per heavy atom. The Hall–Kier alpha value is -3.41. The molecule has 11 heteroatoms. The third-order valence-electron chi connectivity index (χ3n) is 6.03. The monoisotopic (exact) mass is 511 g/mol. The highest BCUT2D eigenvalue weighted by Crippen LogP contribution is 2.26. The molecule has 0 radical (unpaired) electrons. The fourth-order valence-corrected chi connectivity index (χ4v) is 4.59. The summed E-state index contributed by atoms with van der Waals surface area (Å²) in [5, 5.41) is 18.3. The first-order chi connectivity index (χ1) is 17.4. The molecule has 0 atom stereocenters. The molecular weight excluding hydrogens is 481 g/mol. The summed E-state index contributed by atoms with van der Waals surface area (Å²) in [6.45, 7) is 5.05. The van der Waals surface area contributed by atoms with Gasteiger partial charge in [0.15, 0.2) is 0 Å². The number of carbonyl (C=O) groups excluding carboxylic acids is 2. The highest BCUT2D eigenvalue weighted by Gasteiger charge is 2.27. The summed E-state index contributed by atoms with van der Waals surface area (Å²) < 4.78 is 13.6. The lowest BCUT2D eigenvalue weighted by Crippen LogP contribution is -2.48. The molecule has 36 heavy (non-hydrogen) atoms. The van der Waals surface area contributed by atoms with Crippen LogP contribution in [0, 0.1) is 5.82 Å². The van der Waals surface area contributed by atoms with E-state index >= 15 is 0 Å². The minimum Gasteiger partial charge on any atom is -0.353 e. The van der Waals surface area contributed by atoms with Gasteiger partial charge in [0.1, 0.15) is 16.3 Å². The normalized spacial score (nSPS) is 12.9. The molecule has 0 saturated carbocycles. The maximum absolute atomic E-state index is 13.6. The molecule has 9 nitrogen and oxygen atoms in total. The van der Waals surface area contributed by atoms with Crippen molar-refractivity contribution in [1.82, 2.24) is 30.8 Å². The van der Waals surface area contributed by atoms with Gasteiger partial charge in [-0.25, -0.2) is 9.40 Å². The minimum atomic E-state index is -0.284. The molecule has 0 saturated heterocycles. The van der Waals surface area contributed by atoms with Crippen LogP contribution in [0.25, 0.3) is 10.6 Å². The summed E-state index contributed by atoms with van der Waals surface area (Å²) in [6, 6.07) is 12.3. The zero-order valence-corrected chi connectivity index (χ0v) is 21.2. The Morgan fingerprint density at radius 1 is 1.08 bits per heavy atom. The van der Waals surface area contributed by atoms with Crippen LogP contribution in [0.2, 0.25) is 0 Å². The van der Waals surface area contributed by atoms with E-state index < -0.39 is 0 Å². The number of aromatic nitrogens is 2. The van der Waals surface area contributed by atoms with E-state index in [1.54, 1.807) is 28.5 Å². The lowest BCUT2D eigenvalue weighted by atomic mass is 10.1. The smallest absolute Gasteiger partial charge is 0.256 e. The first-order valence-electron chi connectivity index (χ1n) is 11.8. The molecule has 1 aliphatic rings. The van der Waals surface area contributed by atoms with E-state index in [9.17, 15) is 14.0 Å². The van der Waals surface area contributed by atoms with E-state index in [-0.39, 0.29) is 30.7 Å². The lowest BCUT2D eigenvalue weighted by molar-refractivity contribution is -0.145. The summed E-state index contributed by atoms with van der Waals surface area (Å²) >= 11 is 1.44. The van der Waals surface area contributed by atoms with Crippen LogP contribution in [0.4, 0.5) is 10.1 Å². The van der Waals surface area contributed by atoms with E-state index in [2.05, 4.69) is 20.8 Å². The number of amides is 2. The molecule has 2 N–H and O–H groups in total. The third-order valence-corrected chi connectivity index (χ3v) is 6.77. The van der Waals surface area contributed by atoms with E-state index in [4.69, 9.17) is 0 Å². The van der Waals surface area contributed by atoms with E-state index in [1.165, 1.54) is 23.5 Å². The Morgan fingerprint density at radius 3 is 2.58 bits per heavy atom. The molecule has 2 amide bonds. The summed E-state index contributed by atoms with van der Waals surface area (Å²) in [5.41, 5.74) is 5.21. The third kappa shape index (κ3) is 6.42. The molecule has 0 spiro atoms. The van der Waals surface area contributed by atoms with Crippen molar-refractivity contribution in [2.45, 2.75) is 20.0 Å². The first kappa shape index (κ1) is 25.7. The van der Waals surface area contributed by atoms with Crippen LogP contribution in [-0.4, -0.2) is 71.8 Å². The van der Waals surface area contributed by atoms with Crippen LogP contribution < -0.4 is 15.5 Å². The van der Waals surface area contributed by atoms with Crippen molar-refractivity contribution in [2.75, 3.05) is 44.7 Å². The maximum atomic E-state index is 13.6. The van der Waals surface area contributed by atoms with Crippen molar-refractivity contribution < 1.29 is 14.0 Å². The van der Waals surface area contributed by atoms with E-state index in [1.807, 2.05) is 36.2 Å². The number of hydrogen-bond acceptors (Lipinski definition) is 8. The standard InChI is InChI=1S/C25H30FN7O2S/c1-3-27-10-11-28-23(34)15-32(22-8-5-18(6-9-22)25-30-29-17-36-25)16-24(35)31(2)33-13-19-4-7-21(26)12-20(19)14-33/h4-9,12,17,27H,3,10-11,13-16H2,1-2H3,(H,28,34). The number of hydrazine groups is 1. The predicted molar refractivity (Wildman–Crippen MR) is 138 cm³/mol. The van der Waals surface area contributed by atoms with E-state index in [0.717, 1.165) is 33.9 Å². The largest absolute Gasteiger partial charge is 0.353 e. The van der Waals surface area contributed by atoms with Crippen LogP contribution in [-0.2, 0) is 22.7 Å². The molecule has 2 aromatic carbocycles. The molecule has 3 aromatic rings. The first-order valence-corrected chi connectivity index (χ1v) is 12.7. The fraction of sp³-hybridized carbons (Fsp3) is 0.360. The van der Waals surface area contributed by atoms with E-state index in [0.29, 0.717) is 26.2 Å². The van der Waals surface area contributed by atoms with Crippen molar-refractivity contribution in [3.63, 3.8) is 0 Å². The Labute approximate surface area is 213 Å². The van der Waals surface area contributed by atoms with Gasteiger partial charge in [0.2, 0.25) is 5.91 Å². The minimum absolute atomic E-state index is 0.0104. The Balaban J connectivity index is 1.44. The number of anilines is 1. The fourth-order valence-electron chi connectivity index (χ4n) is 4.03. The van der Waals surface area contributed by atoms with Gasteiger partial charge in [-0.2, -0.15) is 0 Å². The maximum Gasteiger partial charge on any atom is 0.256 e. The number of benzene rings is 2. The van der Waals surface area contributed by atoms with Crippen LogP contribution in [0.3, 0.4) is 0 Å². The second kappa shape index (κ2) is 12.0.